The maximum absolute atomic E-state index is 15.4. The second-order valence-corrected chi connectivity index (χ2v) is 13.8. The summed E-state index contributed by atoms with van der Waals surface area (Å²) in [4.78, 5) is 0. The summed E-state index contributed by atoms with van der Waals surface area (Å²) in [5.74, 6) is -70.6. The molecule has 0 heterocycles. The van der Waals surface area contributed by atoms with Crippen LogP contribution in [-0.2, 0) is 16.6 Å². The van der Waals surface area contributed by atoms with Gasteiger partial charge in [0.15, 0.2) is 69.8 Å². The zero-order valence-corrected chi connectivity index (χ0v) is 27.8. The van der Waals surface area contributed by atoms with Crippen molar-refractivity contribution in [3.8, 4) is 0 Å². The topological polar surface area (TPSA) is 0 Å². The molecule has 300 valence electrons. The van der Waals surface area contributed by atoms with Gasteiger partial charge in [0, 0.05) is 5.56 Å². The van der Waals surface area contributed by atoms with E-state index in [2.05, 4.69) is 12.5 Å². The minimum absolute atomic E-state index is 0.0753. The first kappa shape index (κ1) is 43.8. The van der Waals surface area contributed by atoms with Crippen LogP contribution in [0.4, 0.5) is 92.2 Å². The van der Waals surface area contributed by atoms with E-state index in [1.807, 2.05) is 12.1 Å². The summed E-state index contributed by atoms with van der Waals surface area (Å²) in [6, 6.07) is 6.97. The third-order valence-electron chi connectivity index (χ3n) is 8.11. The molecular formula is C33H12BF21S. The van der Waals surface area contributed by atoms with E-state index in [1.165, 1.54) is 6.07 Å². The van der Waals surface area contributed by atoms with Gasteiger partial charge in [-0.25, -0.2) is 92.2 Å². The first-order valence-corrected chi connectivity index (χ1v) is 16.6. The molecule has 0 aliphatic carbocycles. The van der Waals surface area contributed by atoms with Crippen LogP contribution < -0.4 is 21.9 Å². The Bertz CT molecular complexity index is 2020. The fourth-order valence-corrected chi connectivity index (χ4v) is 6.66. The van der Waals surface area contributed by atoms with E-state index in [-0.39, 0.29) is 16.7 Å². The van der Waals surface area contributed by atoms with Gasteiger partial charge in [0.05, 0.1) is 12.5 Å². The van der Waals surface area contributed by atoms with Crippen LogP contribution in [0.15, 0.2) is 24.3 Å². The first-order chi connectivity index (χ1) is 25.9. The Morgan fingerprint density at radius 3 is 0.714 bits per heavy atom. The van der Waals surface area contributed by atoms with Crippen molar-refractivity contribution in [2.75, 3.05) is 12.5 Å². The van der Waals surface area contributed by atoms with Crippen LogP contribution in [0.5, 0.6) is 0 Å². The molecule has 0 spiro atoms. The molecule has 0 radical (unpaired) electrons. The van der Waals surface area contributed by atoms with Crippen molar-refractivity contribution in [3.63, 3.8) is 0 Å². The molecule has 0 aromatic heterocycles. The normalized spacial score (nSPS) is 11.7. The maximum Gasteiger partial charge on any atom is 0.200 e. The van der Waals surface area contributed by atoms with E-state index in [4.69, 9.17) is 0 Å². The van der Waals surface area contributed by atoms with Crippen molar-refractivity contribution in [1.82, 2.24) is 0 Å². The molecule has 0 amide bonds. The number of hydrogen-bond donors (Lipinski definition) is 0. The SMILES string of the molecule is C[S+](C)Cc1ccccc1F.Fc1c(F)c(F)c([B-](c2c(F)c(F)c(F)c(F)c2F)(c2c(F)c(F)c(F)c(F)c2F)c2c(F)c(F)c(F)c(F)c2F)c(F)c1F. The van der Waals surface area contributed by atoms with Crippen LogP contribution in [0.25, 0.3) is 0 Å². The van der Waals surface area contributed by atoms with Crippen molar-refractivity contribution in [2.24, 2.45) is 0 Å². The van der Waals surface area contributed by atoms with Gasteiger partial charge in [0.1, 0.15) is 64.3 Å². The van der Waals surface area contributed by atoms with Crippen molar-refractivity contribution < 1.29 is 92.2 Å². The molecule has 0 aliphatic rings. The van der Waals surface area contributed by atoms with Gasteiger partial charge in [-0.1, -0.05) is 18.2 Å². The van der Waals surface area contributed by atoms with Gasteiger partial charge in [0.25, 0.3) is 0 Å². The van der Waals surface area contributed by atoms with Crippen LogP contribution in [0.3, 0.4) is 0 Å². The van der Waals surface area contributed by atoms with Crippen LogP contribution >= 0.6 is 0 Å². The van der Waals surface area contributed by atoms with Crippen LogP contribution in [0, 0.1) is 122 Å². The lowest BCUT2D eigenvalue weighted by atomic mass is 9.12. The number of hydrogen-bond acceptors (Lipinski definition) is 0. The molecule has 56 heavy (non-hydrogen) atoms. The van der Waals surface area contributed by atoms with Crippen molar-refractivity contribution in [2.45, 2.75) is 5.75 Å². The second-order valence-electron chi connectivity index (χ2n) is 11.5. The van der Waals surface area contributed by atoms with Gasteiger partial charge >= 0.3 is 0 Å². The highest BCUT2D eigenvalue weighted by Gasteiger charge is 2.52. The van der Waals surface area contributed by atoms with E-state index in [0.717, 1.165) is 11.3 Å². The predicted molar refractivity (Wildman–Crippen MR) is 159 cm³/mol. The monoisotopic (exact) mass is 850 g/mol. The zero-order valence-electron chi connectivity index (χ0n) is 26.9. The number of rotatable bonds is 6. The van der Waals surface area contributed by atoms with E-state index >= 15 is 35.1 Å². The number of halogens is 21. The quantitative estimate of drug-likeness (QED) is 0.0534. The first-order valence-electron chi connectivity index (χ1n) is 14.4. The van der Waals surface area contributed by atoms with Crippen LogP contribution in [0.2, 0.25) is 0 Å². The Kier molecular flexibility index (Phi) is 12.4. The maximum atomic E-state index is 15.4. The van der Waals surface area contributed by atoms with Crippen molar-refractivity contribution in [1.29, 1.82) is 0 Å². The van der Waals surface area contributed by atoms with Gasteiger partial charge < -0.3 is 0 Å². The van der Waals surface area contributed by atoms with Gasteiger partial charge in [-0.3, -0.25) is 0 Å². The lowest BCUT2D eigenvalue weighted by Crippen LogP contribution is -2.81. The molecule has 5 aromatic carbocycles. The smallest absolute Gasteiger partial charge is 0.200 e. The molecule has 0 N–H and O–H groups in total. The highest BCUT2D eigenvalue weighted by Crippen LogP contribution is 2.30. The molecule has 5 rings (SSSR count). The highest BCUT2D eigenvalue weighted by atomic mass is 32.2. The Morgan fingerprint density at radius 2 is 0.518 bits per heavy atom. The van der Waals surface area contributed by atoms with E-state index in [9.17, 15) is 57.1 Å². The van der Waals surface area contributed by atoms with E-state index in [1.54, 1.807) is 6.07 Å². The summed E-state index contributed by atoms with van der Waals surface area (Å²) in [6.07, 6.45) is -2.98. The molecule has 0 bridgehead atoms. The summed E-state index contributed by atoms with van der Waals surface area (Å²) in [5.41, 5.74) is -13.5. The third-order valence-corrected chi connectivity index (χ3v) is 9.00. The molecule has 0 unspecified atom stereocenters. The van der Waals surface area contributed by atoms with Gasteiger partial charge in [-0.05, 0) is 17.0 Å². The summed E-state index contributed by atoms with van der Waals surface area (Å²) in [6.45, 7) is 0. The van der Waals surface area contributed by atoms with Crippen LogP contribution in [0.1, 0.15) is 5.56 Å². The standard InChI is InChI=1S/C24BF20.C9H12FS/c26-5-1(6(27)14(35)21(42)13(5)34)25(2-7(28)15(36)22(43)16(37)8(2)29,3-9(30)17(38)23(44)18(39)10(3)31)4-11(32)19(40)24(45)20(41)12(4)33;1-11(2)7-8-5-3-4-6-9(8)10/h;3-6H,7H2,1-2H3/q-1;+1. The Morgan fingerprint density at radius 1 is 0.321 bits per heavy atom. The Hall–Kier alpha value is -4.96. The lowest BCUT2D eigenvalue weighted by Gasteiger charge is -2.44. The average molecular weight is 850 g/mol. The molecule has 0 atom stereocenters. The minimum atomic E-state index is -7.22. The Balaban J connectivity index is 0.000000544. The molecule has 0 saturated carbocycles. The molecule has 0 aliphatic heterocycles. The largest absolute Gasteiger partial charge is 0.207 e. The Labute approximate surface area is 301 Å². The molecular weight excluding hydrogens is 838 g/mol. The minimum Gasteiger partial charge on any atom is -0.207 e. The fraction of sp³-hybridized carbons (Fsp3) is 0.0909. The lowest BCUT2D eigenvalue weighted by molar-refractivity contribution is 0.378. The number of benzene rings is 5. The summed E-state index contributed by atoms with van der Waals surface area (Å²) < 4.78 is 307. The summed E-state index contributed by atoms with van der Waals surface area (Å²) >= 11 is 0. The zero-order chi connectivity index (χ0) is 42.6. The summed E-state index contributed by atoms with van der Waals surface area (Å²) in [5, 5.41) is 0. The molecule has 0 nitrogen and oxygen atoms in total. The van der Waals surface area contributed by atoms with Crippen molar-refractivity contribution in [3.05, 3.63) is 152 Å². The fourth-order valence-electron chi connectivity index (χ4n) is 5.80. The summed E-state index contributed by atoms with van der Waals surface area (Å²) in [7, 11) is 0.283. The molecule has 0 saturated heterocycles. The van der Waals surface area contributed by atoms with Crippen molar-refractivity contribution >= 4 is 38.9 Å². The molecule has 5 aromatic rings. The third kappa shape index (κ3) is 6.69. The average Bonchev–Trinajstić information content (AvgIpc) is 3.15. The predicted octanol–water partition coefficient (Wildman–Crippen LogP) is 8.05. The molecule has 0 fully saturated rings. The van der Waals surface area contributed by atoms with Crippen LogP contribution in [-0.4, -0.2) is 18.7 Å². The van der Waals surface area contributed by atoms with Gasteiger partial charge in [-0.2, -0.15) is 0 Å². The molecule has 23 heteroatoms. The second kappa shape index (κ2) is 15.9. The van der Waals surface area contributed by atoms with E-state index < -0.39 is 144 Å². The van der Waals surface area contributed by atoms with E-state index in [0.29, 0.717) is 0 Å². The van der Waals surface area contributed by atoms with Gasteiger partial charge in [-0.15, -0.1) is 21.9 Å². The highest BCUT2D eigenvalue weighted by molar-refractivity contribution is 7.94. The van der Waals surface area contributed by atoms with Gasteiger partial charge in [0.2, 0.25) is 0 Å².